The van der Waals surface area contributed by atoms with Crippen molar-refractivity contribution in [2.75, 3.05) is 23.7 Å². The maximum absolute atomic E-state index is 9.07. The fourth-order valence-electron chi connectivity index (χ4n) is 4.55. The summed E-state index contributed by atoms with van der Waals surface area (Å²) < 4.78 is 1.80. The summed E-state index contributed by atoms with van der Waals surface area (Å²) in [5.41, 5.74) is 6.22. The number of nitrogens with one attached hydrogen (secondary N) is 3. The Morgan fingerprint density at radius 3 is 2.60 bits per heavy atom. The molecule has 0 spiro atoms. The van der Waals surface area contributed by atoms with E-state index in [4.69, 9.17) is 10.2 Å². The van der Waals surface area contributed by atoms with E-state index in [0.29, 0.717) is 11.5 Å². The molecule has 5 rings (SSSR count). The zero-order valence-electron chi connectivity index (χ0n) is 19.9. The smallest absolute Gasteiger partial charge is 0.149 e. The van der Waals surface area contributed by atoms with E-state index in [1.807, 2.05) is 56.0 Å². The molecular weight excluding hydrogens is 434 g/mol. The summed E-state index contributed by atoms with van der Waals surface area (Å²) in [5.74, 6) is 1.16. The molecule has 0 unspecified atom stereocenters. The van der Waals surface area contributed by atoms with Gasteiger partial charge in [0.25, 0.3) is 0 Å². The van der Waals surface area contributed by atoms with E-state index in [-0.39, 0.29) is 12.1 Å². The topological polar surface area (TPSA) is 90.6 Å². The van der Waals surface area contributed by atoms with Crippen LogP contribution in [0.3, 0.4) is 0 Å². The van der Waals surface area contributed by atoms with Crippen molar-refractivity contribution in [2.45, 2.75) is 24.9 Å². The summed E-state index contributed by atoms with van der Waals surface area (Å²) in [4.78, 5) is 4.73. The van der Waals surface area contributed by atoms with Crippen LogP contribution in [0.5, 0.6) is 0 Å². The second kappa shape index (κ2) is 10.00. The number of hydrogen-bond acceptors (Lipinski definition) is 6. The van der Waals surface area contributed by atoms with Crippen LogP contribution >= 0.6 is 0 Å². The molecule has 3 N–H and O–H groups in total. The third-order valence-electron chi connectivity index (χ3n) is 6.57. The zero-order valence-corrected chi connectivity index (χ0v) is 19.9. The van der Waals surface area contributed by atoms with E-state index >= 15 is 0 Å². The Labute approximate surface area is 205 Å². The van der Waals surface area contributed by atoms with Crippen LogP contribution in [0, 0.1) is 11.3 Å². The lowest BCUT2D eigenvalue weighted by Gasteiger charge is -2.35. The zero-order chi connectivity index (χ0) is 24.2. The summed E-state index contributed by atoms with van der Waals surface area (Å²) in [6, 6.07) is 22.9. The molecule has 0 radical (unpaired) electrons. The van der Waals surface area contributed by atoms with Gasteiger partial charge in [-0.25, -0.2) is 4.98 Å². The van der Waals surface area contributed by atoms with Gasteiger partial charge in [-0.3, -0.25) is 4.68 Å². The minimum absolute atomic E-state index is 0.0949. The standard InChI is InChI=1S/C28H29N7/c1-19(21-10-8-20(13-29)9-11-21)14-31-27(22-6-4-3-5-7-22)26-17-30-25-12-23(15-32-28(25)34-26)24-16-33-35(2)18-24/h3-12,15-16,18-19,26-27,30-31H,14,17H2,1-2H3,(H,32,34)/t19-,26-,27-/m0/s1. The van der Waals surface area contributed by atoms with Gasteiger partial charge in [-0.05, 0) is 35.2 Å². The number of nitriles is 1. The number of aromatic nitrogens is 3. The van der Waals surface area contributed by atoms with Crippen LogP contribution in [0.1, 0.15) is 35.6 Å². The number of anilines is 2. The maximum atomic E-state index is 9.07. The first-order valence-corrected chi connectivity index (χ1v) is 11.9. The van der Waals surface area contributed by atoms with Crippen molar-refractivity contribution in [2.24, 2.45) is 7.05 Å². The van der Waals surface area contributed by atoms with Gasteiger partial charge in [0.1, 0.15) is 5.82 Å². The van der Waals surface area contributed by atoms with Gasteiger partial charge in [0.05, 0.1) is 35.6 Å². The minimum atomic E-state index is 0.0949. The van der Waals surface area contributed by atoms with Crippen LogP contribution < -0.4 is 16.0 Å². The molecule has 0 aliphatic carbocycles. The van der Waals surface area contributed by atoms with Gasteiger partial charge in [-0.15, -0.1) is 0 Å². The third kappa shape index (κ3) is 5.03. The number of rotatable bonds is 7. The van der Waals surface area contributed by atoms with E-state index in [1.165, 1.54) is 11.1 Å². The lowest BCUT2D eigenvalue weighted by molar-refractivity contribution is 0.453. The quantitative estimate of drug-likeness (QED) is 0.368. The number of aryl methyl sites for hydroxylation is 1. The number of pyridine rings is 1. The third-order valence-corrected chi connectivity index (χ3v) is 6.57. The first-order chi connectivity index (χ1) is 17.1. The van der Waals surface area contributed by atoms with Gasteiger partial charge in [0.15, 0.2) is 0 Å². The summed E-state index contributed by atoms with van der Waals surface area (Å²) in [6.07, 6.45) is 5.74. The Kier molecular flexibility index (Phi) is 6.47. The van der Waals surface area contributed by atoms with Crippen LogP contribution in [0.2, 0.25) is 0 Å². The highest BCUT2D eigenvalue weighted by Crippen LogP contribution is 2.32. The molecule has 7 heteroatoms. The number of benzene rings is 2. The van der Waals surface area contributed by atoms with Crippen molar-refractivity contribution >= 4 is 11.5 Å². The molecule has 0 amide bonds. The summed E-state index contributed by atoms with van der Waals surface area (Å²) in [7, 11) is 1.92. The van der Waals surface area contributed by atoms with E-state index in [2.05, 4.69) is 64.4 Å². The van der Waals surface area contributed by atoms with Crippen molar-refractivity contribution in [3.8, 4) is 17.2 Å². The van der Waals surface area contributed by atoms with Crippen molar-refractivity contribution in [1.29, 1.82) is 5.26 Å². The van der Waals surface area contributed by atoms with Gasteiger partial charge in [0.2, 0.25) is 0 Å². The van der Waals surface area contributed by atoms with Crippen LogP contribution in [0.4, 0.5) is 11.5 Å². The fourth-order valence-corrected chi connectivity index (χ4v) is 4.55. The molecule has 2 aromatic carbocycles. The molecule has 3 heterocycles. The van der Waals surface area contributed by atoms with Crippen LogP contribution in [-0.4, -0.2) is 33.9 Å². The Bertz CT molecular complexity index is 1320. The van der Waals surface area contributed by atoms with E-state index in [0.717, 1.165) is 35.7 Å². The highest BCUT2D eigenvalue weighted by Gasteiger charge is 2.28. The van der Waals surface area contributed by atoms with Crippen molar-refractivity contribution in [3.63, 3.8) is 0 Å². The molecule has 3 atom stereocenters. The molecule has 1 aliphatic heterocycles. The molecule has 176 valence electrons. The Hall–Kier alpha value is -4.15. The van der Waals surface area contributed by atoms with Crippen molar-refractivity contribution in [3.05, 3.63) is 95.9 Å². The minimum Gasteiger partial charge on any atom is -0.380 e. The molecule has 0 saturated heterocycles. The molecule has 0 bridgehead atoms. The highest BCUT2D eigenvalue weighted by atomic mass is 15.2. The van der Waals surface area contributed by atoms with Gasteiger partial charge in [-0.1, -0.05) is 49.4 Å². The predicted octanol–water partition coefficient (Wildman–Crippen LogP) is 4.69. The van der Waals surface area contributed by atoms with Crippen LogP contribution in [-0.2, 0) is 7.05 Å². The summed E-state index contributed by atoms with van der Waals surface area (Å²) >= 11 is 0. The normalized spacial score (nSPS) is 16.3. The molecule has 35 heavy (non-hydrogen) atoms. The second-order valence-electron chi connectivity index (χ2n) is 9.09. The summed E-state index contributed by atoms with van der Waals surface area (Å²) in [6.45, 7) is 3.78. The van der Waals surface area contributed by atoms with Crippen LogP contribution in [0.15, 0.2) is 79.3 Å². The SMILES string of the molecule is C[C@@H](CN[C@@H](c1ccccc1)[C@@H]1CNc2cc(-c3cnn(C)c3)cnc2N1)c1ccc(C#N)cc1. The first kappa shape index (κ1) is 22.6. The first-order valence-electron chi connectivity index (χ1n) is 11.9. The average molecular weight is 464 g/mol. The largest absolute Gasteiger partial charge is 0.380 e. The number of hydrogen-bond donors (Lipinski definition) is 3. The molecule has 0 fully saturated rings. The van der Waals surface area contributed by atoms with E-state index in [1.54, 1.807) is 4.68 Å². The second-order valence-corrected chi connectivity index (χ2v) is 9.09. The van der Waals surface area contributed by atoms with Crippen molar-refractivity contribution in [1.82, 2.24) is 20.1 Å². The Morgan fingerprint density at radius 2 is 1.89 bits per heavy atom. The monoisotopic (exact) mass is 463 g/mol. The molecule has 7 nitrogen and oxygen atoms in total. The molecule has 0 saturated carbocycles. The fraction of sp³-hybridized carbons (Fsp3) is 0.250. The molecule has 2 aromatic heterocycles. The van der Waals surface area contributed by atoms with Gasteiger partial charge >= 0.3 is 0 Å². The predicted molar refractivity (Wildman–Crippen MR) is 139 cm³/mol. The Balaban J connectivity index is 1.33. The Morgan fingerprint density at radius 1 is 1.09 bits per heavy atom. The van der Waals surface area contributed by atoms with E-state index < -0.39 is 0 Å². The number of nitrogens with zero attached hydrogens (tertiary/aromatic N) is 4. The molecule has 1 aliphatic rings. The average Bonchev–Trinajstić information content (AvgIpc) is 3.35. The number of fused-ring (bicyclic) bond motifs is 1. The highest BCUT2D eigenvalue weighted by molar-refractivity contribution is 5.75. The van der Waals surface area contributed by atoms with Gasteiger partial charge in [0, 0.05) is 43.7 Å². The summed E-state index contributed by atoms with van der Waals surface area (Å²) in [5, 5.41) is 24.4. The maximum Gasteiger partial charge on any atom is 0.149 e. The van der Waals surface area contributed by atoms with E-state index in [9.17, 15) is 0 Å². The lowest BCUT2D eigenvalue weighted by Crippen LogP contribution is -2.45. The molecule has 4 aromatic rings. The van der Waals surface area contributed by atoms with Gasteiger partial charge < -0.3 is 16.0 Å². The van der Waals surface area contributed by atoms with Gasteiger partial charge in [-0.2, -0.15) is 10.4 Å². The van der Waals surface area contributed by atoms with Crippen molar-refractivity contribution < 1.29 is 0 Å². The molecular formula is C28H29N7. The van der Waals surface area contributed by atoms with Crippen LogP contribution in [0.25, 0.3) is 11.1 Å². The lowest BCUT2D eigenvalue weighted by atomic mass is 9.95.